The number of phenolic OH excluding ortho intramolecular Hbond substituents is 1. The predicted molar refractivity (Wildman–Crippen MR) is 77.5 cm³/mol. The Kier molecular flexibility index (Phi) is 3.36. The van der Waals surface area contributed by atoms with E-state index in [2.05, 4.69) is 10.3 Å². The minimum absolute atomic E-state index is 0.123. The fraction of sp³-hybridized carbons (Fsp3) is 0.385. The molecule has 3 N–H and O–H groups in total. The van der Waals surface area contributed by atoms with E-state index in [1.54, 1.807) is 11.6 Å². The van der Waals surface area contributed by atoms with Crippen LogP contribution < -0.4 is 15.9 Å². The number of phenols is 1. The van der Waals surface area contributed by atoms with Gasteiger partial charge in [-0.3, -0.25) is 0 Å². The smallest absolute Gasteiger partial charge is 0.347 e. The first-order valence-corrected chi connectivity index (χ1v) is 7.12. The van der Waals surface area contributed by atoms with Gasteiger partial charge < -0.3 is 10.4 Å². The molecule has 1 fully saturated rings. The molecule has 1 heterocycles. The van der Waals surface area contributed by atoms with Crippen molar-refractivity contribution in [2.24, 2.45) is 0 Å². The van der Waals surface area contributed by atoms with E-state index in [-0.39, 0.29) is 38.3 Å². The van der Waals surface area contributed by atoms with Gasteiger partial charge in [0.1, 0.15) is 11.4 Å². The first kappa shape index (κ1) is 13.7. The highest BCUT2D eigenvalue weighted by Gasteiger charge is 2.35. The highest BCUT2D eigenvalue weighted by Crippen LogP contribution is 2.37. The number of halogens is 2. The van der Waals surface area contributed by atoms with E-state index >= 15 is 0 Å². The maximum absolute atomic E-state index is 12.7. The Balaban J connectivity index is 2.41. The molecule has 106 valence electrons. The molecule has 0 amide bonds. The maximum atomic E-state index is 12.7. The number of benzene rings is 1. The Morgan fingerprint density at radius 2 is 2.15 bits per heavy atom. The average Bonchev–Trinajstić information content (AvgIpc) is 3.20. The minimum Gasteiger partial charge on any atom is -0.503 e. The standard InChI is InChI=1S/C13H13Cl2N3O2/c1-16-5-9-17-11-10(7(14)4-8(15)12(11)19)13(20)18(9)6-2-3-6/h4,6,16,19H,2-3,5H2,1H3/p+1. The lowest BCUT2D eigenvalue weighted by atomic mass is 10.2. The van der Waals surface area contributed by atoms with Gasteiger partial charge in [-0.1, -0.05) is 23.2 Å². The second-order valence-corrected chi connectivity index (χ2v) is 5.76. The number of hydrogen-bond acceptors (Lipinski definition) is 3. The van der Waals surface area contributed by atoms with Crippen LogP contribution in [0.25, 0.3) is 10.9 Å². The highest BCUT2D eigenvalue weighted by atomic mass is 35.5. The summed E-state index contributed by atoms with van der Waals surface area (Å²) in [6, 6.07) is 1.60. The lowest BCUT2D eigenvalue weighted by Gasteiger charge is -2.08. The quantitative estimate of drug-likeness (QED) is 0.909. The van der Waals surface area contributed by atoms with Crippen LogP contribution in [-0.4, -0.2) is 16.7 Å². The van der Waals surface area contributed by atoms with Crippen molar-refractivity contribution in [3.63, 3.8) is 0 Å². The number of aromatic nitrogens is 2. The van der Waals surface area contributed by atoms with Gasteiger partial charge >= 0.3 is 5.56 Å². The summed E-state index contributed by atoms with van der Waals surface area (Å²) in [5.41, 5.74) is 0.0955. The van der Waals surface area contributed by atoms with Crippen LogP contribution >= 0.6 is 23.2 Å². The molecule has 1 saturated carbocycles. The third-order valence-corrected chi connectivity index (χ3v) is 4.04. The first-order chi connectivity index (χ1) is 9.54. The summed E-state index contributed by atoms with van der Waals surface area (Å²) in [5.74, 6) is 0.560. The fourth-order valence-corrected chi connectivity index (χ4v) is 2.95. The van der Waals surface area contributed by atoms with Gasteiger partial charge in [0, 0.05) is 0 Å². The average molecular weight is 315 g/mol. The van der Waals surface area contributed by atoms with Crippen LogP contribution in [0.5, 0.6) is 5.75 Å². The van der Waals surface area contributed by atoms with Crippen LogP contribution in [0.2, 0.25) is 10.0 Å². The van der Waals surface area contributed by atoms with Crippen molar-refractivity contribution >= 4 is 34.1 Å². The zero-order valence-corrected chi connectivity index (χ0v) is 12.3. The summed E-state index contributed by atoms with van der Waals surface area (Å²) in [7, 11) is 1.80. The summed E-state index contributed by atoms with van der Waals surface area (Å²) >= 11 is 12.0. The molecule has 1 aromatic heterocycles. The zero-order valence-electron chi connectivity index (χ0n) is 10.8. The molecule has 1 aliphatic carbocycles. The van der Waals surface area contributed by atoms with Gasteiger partial charge in [0.25, 0.3) is 5.82 Å². The molecule has 7 heteroatoms. The second kappa shape index (κ2) is 4.91. The Labute approximate surface area is 125 Å². The summed E-state index contributed by atoms with van der Waals surface area (Å²) in [4.78, 5) is 15.8. The monoisotopic (exact) mass is 314 g/mol. The van der Waals surface area contributed by atoms with Gasteiger partial charge in [-0.25, -0.2) is 9.78 Å². The Morgan fingerprint density at radius 3 is 2.75 bits per heavy atom. The minimum atomic E-state index is -0.191. The van der Waals surface area contributed by atoms with Crippen molar-refractivity contribution < 1.29 is 10.1 Å². The third-order valence-electron chi connectivity index (χ3n) is 3.45. The van der Waals surface area contributed by atoms with Gasteiger partial charge in [-0.2, -0.15) is 4.57 Å². The summed E-state index contributed by atoms with van der Waals surface area (Å²) in [5, 5.41) is 13.7. The molecule has 3 rings (SSSR count). The van der Waals surface area contributed by atoms with Crippen molar-refractivity contribution in [3.05, 3.63) is 32.3 Å². The fourth-order valence-electron chi connectivity index (χ4n) is 2.40. The van der Waals surface area contributed by atoms with E-state index in [9.17, 15) is 9.90 Å². The molecule has 0 bridgehead atoms. The van der Waals surface area contributed by atoms with Crippen LogP contribution in [-0.2, 0) is 6.54 Å². The summed E-state index contributed by atoms with van der Waals surface area (Å²) in [6.45, 7) is 0.491. The van der Waals surface area contributed by atoms with Crippen LogP contribution in [0.15, 0.2) is 10.9 Å². The molecule has 1 aromatic carbocycles. The summed E-state index contributed by atoms with van der Waals surface area (Å²) in [6.07, 6.45) is 1.96. The molecular formula is C13H14Cl2N3O2+. The molecule has 0 aliphatic heterocycles. The van der Waals surface area contributed by atoms with E-state index < -0.39 is 0 Å². The number of rotatable bonds is 3. The number of hydrogen-bond donors (Lipinski definition) is 2. The molecule has 2 aromatic rings. The first-order valence-electron chi connectivity index (χ1n) is 6.36. The third kappa shape index (κ3) is 2.06. The van der Waals surface area contributed by atoms with Crippen LogP contribution in [0, 0.1) is 0 Å². The van der Waals surface area contributed by atoms with E-state index in [1.807, 2.05) is 0 Å². The Bertz CT molecular complexity index is 754. The Morgan fingerprint density at radius 1 is 1.45 bits per heavy atom. The van der Waals surface area contributed by atoms with E-state index in [1.165, 1.54) is 6.07 Å². The maximum Gasteiger partial charge on any atom is 0.347 e. The van der Waals surface area contributed by atoms with Crippen molar-refractivity contribution in [2.75, 3.05) is 7.05 Å². The number of aromatic amines is 1. The van der Waals surface area contributed by atoms with Gasteiger partial charge in [0.15, 0.2) is 11.3 Å². The number of aromatic hydroxyl groups is 1. The Hall–Kier alpha value is -1.30. The van der Waals surface area contributed by atoms with Crippen LogP contribution in [0.3, 0.4) is 0 Å². The molecule has 0 atom stereocenters. The SMILES string of the molecule is CNCc1[nH+]c2c(O)c(Cl)cc(Cl)c2c(=O)n1C1CC1. The lowest BCUT2D eigenvalue weighted by molar-refractivity contribution is -0.368. The number of nitrogens with one attached hydrogen (secondary N) is 2. The molecule has 20 heavy (non-hydrogen) atoms. The van der Waals surface area contributed by atoms with Gasteiger partial charge in [0.05, 0.1) is 16.6 Å². The molecule has 0 saturated heterocycles. The number of fused-ring (bicyclic) bond motifs is 1. The molecular weight excluding hydrogens is 301 g/mol. The molecule has 1 aliphatic rings. The van der Waals surface area contributed by atoms with Gasteiger partial charge in [-0.15, -0.1) is 0 Å². The molecule has 5 nitrogen and oxygen atoms in total. The van der Waals surface area contributed by atoms with E-state index in [0.29, 0.717) is 12.4 Å². The second-order valence-electron chi connectivity index (χ2n) is 4.95. The molecule has 0 radical (unpaired) electrons. The van der Waals surface area contributed by atoms with Crippen LogP contribution in [0.1, 0.15) is 24.7 Å². The molecule has 0 spiro atoms. The van der Waals surface area contributed by atoms with Crippen LogP contribution in [0.4, 0.5) is 0 Å². The van der Waals surface area contributed by atoms with Crippen molar-refractivity contribution in [3.8, 4) is 5.75 Å². The molecule has 0 unspecified atom stereocenters. The topological polar surface area (TPSA) is 68.4 Å². The van der Waals surface area contributed by atoms with Gasteiger partial charge in [-0.05, 0) is 26.0 Å². The van der Waals surface area contributed by atoms with Crippen molar-refractivity contribution in [1.29, 1.82) is 0 Å². The van der Waals surface area contributed by atoms with E-state index in [4.69, 9.17) is 23.2 Å². The summed E-state index contributed by atoms with van der Waals surface area (Å²) < 4.78 is 1.72. The lowest BCUT2D eigenvalue weighted by Crippen LogP contribution is -2.34. The van der Waals surface area contributed by atoms with Gasteiger partial charge in [0.2, 0.25) is 0 Å². The number of nitrogens with zero attached hydrogens (tertiary/aromatic N) is 1. The normalized spacial score (nSPS) is 14.9. The van der Waals surface area contributed by atoms with Crippen molar-refractivity contribution in [1.82, 2.24) is 9.88 Å². The predicted octanol–water partition coefficient (Wildman–Crippen LogP) is 1.88. The largest absolute Gasteiger partial charge is 0.503 e. The number of H-pyrrole nitrogens is 1. The highest BCUT2D eigenvalue weighted by molar-refractivity contribution is 6.39. The van der Waals surface area contributed by atoms with Crippen molar-refractivity contribution in [2.45, 2.75) is 25.4 Å². The van der Waals surface area contributed by atoms with E-state index in [0.717, 1.165) is 12.8 Å². The zero-order chi connectivity index (χ0) is 14.4.